The number of nitrogens with one attached hydrogen (secondary N) is 2. The van der Waals surface area contributed by atoms with E-state index in [1.807, 2.05) is 44.2 Å². The van der Waals surface area contributed by atoms with Crippen molar-refractivity contribution in [1.29, 1.82) is 0 Å². The third-order valence-electron chi connectivity index (χ3n) is 3.27. The van der Waals surface area contributed by atoms with Crippen LogP contribution in [0.15, 0.2) is 30.3 Å². The van der Waals surface area contributed by atoms with Crippen molar-refractivity contribution >= 4 is 21.6 Å². The van der Waals surface area contributed by atoms with E-state index < -0.39 is 10.0 Å². The van der Waals surface area contributed by atoms with Crippen LogP contribution in [0.2, 0.25) is 0 Å². The summed E-state index contributed by atoms with van der Waals surface area (Å²) in [5.74, 6) is -0.264. The van der Waals surface area contributed by atoms with Crippen molar-refractivity contribution < 1.29 is 13.2 Å². The summed E-state index contributed by atoms with van der Waals surface area (Å²) in [7, 11) is -3.29. The monoisotopic (exact) mass is 336 g/mol. The number of hydrogen-bond donors (Lipinski definition) is 2. The molecule has 0 radical (unpaired) electrons. The number of para-hydroxylation sites is 1. The van der Waals surface area contributed by atoms with Crippen LogP contribution in [0.4, 0.5) is 5.69 Å². The van der Waals surface area contributed by atoms with Crippen LogP contribution in [0.5, 0.6) is 0 Å². The lowest BCUT2D eigenvalue weighted by molar-refractivity contribution is -0.116. The van der Waals surface area contributed by atoms with Gasteiger partial charge in [-0.05, 0) is 26.0 Å². The Bertz CT molecular complexity index is 798. The number of amides is 1. The number of carbonyl (C=O) groups excluding carboxylic acids is 1. The molecule has 0 bridgehead atoms. The van der Waals surface area contributed by atoms with Gasteiger partial charge in [-0.3, -0.25) is 4.79 Å². The molecule has 23 heavy (non-hydrogen) atoms. The number of aryl methyl sites for hydroxylation is 1. The number of rotatable bonds is 6. The van der Waals surface area contributed by atoms with E-state index in [0.29, 0.717) is 11.4 Å². The molecule has 0 fully saturated rings. The molecule has 0 saturated carbocycles. The molecule has 124 valence electrons. The van der Waals surface area contributed by atoms with Gasteiger partial charge in [-0.1, -0.05) is 18.2 Å². The highest BCUT2D eigenvalue weighted by Crippen LogP contribution is 2.22. The van der Waals surface area contributed by atoms with Gasteiger partial charge in [0.05, 0.1) is 29.0 Å². The summed E-state index contributed by atoms with van der Waals surface area (Å²) in [6.07, 6.45) is 1.12. The summed E-state index contributed by atoms with van der Waals surface area (Å²) in [4.78, 5) is 12.0. The Balaban J connectivity index is 2.09. The van der Waals surface area contributed by atoms with Crippen molar-refractivity contribution in [1.82, 2.24) is 14.5 Å². The van der Waals surface area contributed by atoms with E-state index in [1.165, 1.54) is 0 Å². The van der Waals surface area contributed by atoms with Crippen molar-refractivity contribution in [3.05, 3.63) is 41.7 Å². The van der Waals surface area contributed by atoms with Gasteiger partial charge >= 0.3 is 0 Å². The highest BCUT2D eigenvalue weighted by Gasteiger charge is 2.15. The maximum Gasteiger partial charge on any atom is 0.225 e. The van der Waals surface area contributed by atoms with E-state index in [9.17, 15) is 13.2 Å². The molecule has 0 aliphatic carbocycles. The van der Waals surface area contributed by atoms with Crippen LogP contribution in [-0.2, 0) is 14.8 Å². The van der Waals surface area contributed by atoms with Crippen molar-refractivity contribution in [2.45, 2.75) is 20.3 Å². The van der Waals surface area contributed by atoms with Crippen LogP contribution in [-0.4, -0.2) is 36.9 Å². The van der Waals surface area contributed by atoms with E-state index in [2.05, 4.69) is 15.1 Å². The van der Waals surface area contributed by atoms with Crippen LogP contribution < -0.4 is 10.0 Å². The highest BCUT2D eigenvalue weighted by molar-refractivity contribution is 7.88. The molecular formula is C15H20N4O3S. The van der Waals surface area contributed by atoms with Crippen LogP contribution in [0.25, 0.3) is 5.69 Å². The maximum absolute atomic E-state index is 12.0. The number of sulfonamides is 1. The van der Waals surface area contributed by atoms with Gasteiger partial charge < -0.3 is 5.32 Å². The number of aromatic nitrogens is 2. The molecular weight excluding hydrogens is 316 g/mol. The van der Waals surface area contributed by atoms with Crippen LogP contribution >= 0.6 is 0 Å². The molecule has 2 rings (SSSR count). The van der Waals surface area contributed by atoms with Gasteiger partial charge in [-0.2, -0.15) is 5.10 Å². The van der Waals surface area contributed by atoms with Crippen molar-refractivity contribution in [2.24, 2.45) is 0 Å². The fourth-order valence-electron chi connectivity index (χ4n) is 2.20. The topological polar surface area (TPSA) is 93.1 Å². The molecule has 8 heteroatoms. The molecule has 0 saturated heterocycles. The summed E-state index contributed by atoms with van der Waals surface area (Å²) in [5.41, 5.74) is 3.08. The van der Waals surface area contributed by atoms with E-state index in [-0.39, 0.29) is 18.9 Å². The van der Waals surface area contributed by atoms with Crippen molar-refractivity contribution in [3.8, 4) is 5.69 Å². The number of anilines is 1. The standard InChI is InChI=1S/C15H20N4O3S/c1-11-15(17-14(20)9-10-16-23(3,21)22)12(2)19(18-11)13-7-5-4-6-8-13/h4-8,16H,9-10H2,1-3H3,(H,17,20). The average molecular weight is 336 g/mol. The number of hydrogen-bond acceptors (Lipinski definition) is 4. The second kappa shape index (κ2) is 6.93. The average Bonchev–Trinajstić information content (AvgIpc) is 2.75. The minimum absolute atomic E-state index is 0.0580. The maximum atomic E-state index is 12.0. The zero-order valence-corrected chi connectivity index (χ0v) is 14.1. The lowest BCUT2D eigenvalue weighted by atomic mass is 10.2. The fourth-order valence-corrected chi connectivity index (χ4v) is 2.67. The SMILES string of the molecule is Cc1nn(-c2ccccc2)c(C)c1NC(=O)CCNS(C)(=O)=O. The lowest BCUT2D eigenvalue weighted by Gasteiger charge is -2.07. The Labute approximate surface area is 135 Å². The zero-order valence-electron chi connectivity index (χ0n) is 13.3. The van der Waals surface area contributed by atoms with Crippen LogP contribution in [0.3, 0.4) is 0 Å². The van der Waals surface area contributed by atoms with Gasteiger partial charge in [0.15, 0.2) is 0 Å². The molecule has 2 aromatic rings. The first-order valence-corrected chi connectivity index (χ1v) is 9.03. The quantitative estimate of drug-likeness (QED) is 0.833. The second-order valence-corrected chi connectivity index (χ2v) is 7.09. The second-order valence-electron chi connectivity index (χ2n) is 5.26. The van der Waals surface area contributed by atoms with E-state index in [4.69, 9.17) is 0 Å². The molecule has 1 amide bonds. The van der Waals surface area contributed by atoms with E-state index >= 15 is 0 Å². The third-order valence-corrected chi connectivity index (χ3v) is 4.00. The van der Waals surface area contributed by atoms with Gasteiger partial charge in [0.2, 0.25) is 15.9 Å². The summed E-state index contributed by atoms with van der Waals surface area (Å²) in [5, 5.41) is 7.24. The van der Waals surface area contributed by atoms with Crippen LogP contribution in [0.1, 0.15) is 17.8 Å². The Kier molecular flexibility index (Phi) is 5.17. The Morgan fingerprint density at radius 3 is 2.48 bits per heavy atom. The zero-order chi connectivity index (χ0) is 17.0. The molecule has 1 aromatic carbocycles. The van der Waals surface area contributed by atoms with Gasteiger partial charge in [-0.25, -0.2) is 17.8 Å². The van der Waals surface area contributed by atoms with Gasteiger partial charge in [0, 0.05) is 13.0 Å². The minimum Gasteiger partial charge on any atom is -0.323 e. The number of benzene rings is 1. The molecule has 0 atom stereocenters. The van der Waals surface area contributed by atoms with E-state index in [1.54, 1.807) is 4.68 Å². The molecule has 1 heterocycles. The lowest BCUT2D eigenvalue weighted by Crippen LogP contribution is -2.26. The Morgan fingerprint density at radius 2 is 1.87 bits per heavy atom. The first kappa shape index (κ1) is 17.2. The first-order valence-electron chi connectivity index (χ1n) is 7.14. The molecule has 0 unspecified atom stereocenters. The normalized spacial score (nSPS) is 11.4. The predicted octanol–water partition coefficient (Wildman–Crippen LogP) is 1.37. The first-order chi connectivity index (χ1) is 10.8. The Hall–Kier alpha value is -2.19. The van der Waals surface area contributed by atoms with Gasteiger partial charge in [0.1, 0.15) is 0 Å². The molecule has 2 N–H and O–H groups in total. The summed E-state index contributed by atoms with van der Waals surface area (Å²) in [6, 6.07) is 9.62. The molecule has 7 nitrogen and oxygen atoms in total. The summed E-state index contributed by atoms with van der Waals surface area (Å²) >= 11 is 0. The Morgan fingerprint density at radius 1 is 1.22 bits per heavy atom. The van der Waals surface area contributed by atoms with E-state index in [0.717, 1.165) is 17.6 Å². The number of carbonyl (C=O) groups is 1. The summed E-state index contributed by atoms with van der Waals surface area (Å²) < 4.78 is 26.0. The molecule has 0 spiro atoms. The van der Waals surface area contributed by atoms with Gasteiger partial charge in [-0.15, -0.1) is 0 Å². The van der Waals surface area contributed by atoms with Crippen molar-refractivity contribution in [3.63, 3.8) is 0 Å². The minimum atomic E-state index is -3.29. The molecule has 0 aliphatic heterocycles. The smallest absolute Gasteiger partial charge is 0.225 e. The van der Waals surface area contributed by atoms with Crippen molar-refractivity contribution in [2.75, 3.05) is 18.1 Å². The van der Waals surface area contributed by atoms with Gasteiger partial charge in [0.25, 0.3) is 0 Å². The highest BCUT2D eigenvalue weighted by atomic mass is 32.2. The summed E-state index contributed by atoms with van der Waals surface area (Å²) in [6.45, 7) is 3.75. The molecule has 1 aromatic heterocycles. The predicted molar refractivity (Wildman–Crippen MR) is 89.1 cm³/mol. The third kappa shape index (κ3) is 4.64. The fraction of sp³-hybridized carbons (Fsp3) is 0.333. The number of nitrogens with zero attached hydrogens (tertiary/aromatic N) is 2. The molecule has 0 aliphatic rings. The van der Waals surface area contributed by atoms with Crippen LogP contribution in [0, 0.1) is 13.8 Å². The largest absolute Gasteiger partial charge is 0.323 e.